The normalized spacial score (nSPS) is 18.0. The van der Waals surface area contributed by atoms with Crippen molar-refractivity contribution < 1.29 is 17.6 Å². The summed E-state index contributed by atoms with van der Waals surface area (Å²) in [5.41, 5.74) is 0.0520. The molecular formula is C17H26ClFN2O3S. The van der Waals surface area contributed by atoms with Crippen molar-refractivity contribution in [2.75, 3.05) is 25.4 Å². The van der Waals surface area contributed by atoms with Crippen LogP contribution in [0.3, 0.4) is 0 Å². The van der Waals surface area contributed by atoms with Crippen LogP contribution in [0, 0.1) is 17.2 Å². The van der Waals surface area contributed by atoms with Crippen molar-refractivity contribution in [1.82, 2.24) is 10.6 Å². The predicted molar refractivity (Wildman–Crippen MR) is 98.1 cm³/mol. The molecule has 1 heterocycles. The third kappa shape index (κ3) is 6.24. The first-order valence-corrected chi connectivity index (χ1v) is 9.84. The lowest BCUT2D eigenvalue weighted by Crippen LogP contribution is -2.44. The van der Waals surface area contributed by atoms with Crippen molar-refractivity contribution >= 4 is 28.2 Å². The summed E-state index contributed by atoms with van der Waals surface area (Å²) < 4.78 is 37.5. The molecule has 2 rings (SSSR count). The lowest BCUT2D eigenvalue weighted by molar-refractivity contribution is -0.124. The molecular weight excluding hydrogens is 367 g/mol. The van der Waals surface area contributed by atoms with Gasteiger partial charge in [-0.2, -0.15) is 0 Å². The molecule has 1 aliphatic rings. The lowest BCUT2D eigenvalue weighted by Gasteiger charge is -2.34. The fraction of sp³-hybridized carbons (Fsp3) is 0.588. The van der Waals surface area contributed by atoms with Crippen LogP contribution in [0.4, 0.5) is 4.39 Å². The highest BCUT2D eigenvalue weighted by Gasteiger charge is 2.29. The van der Waals surface area contributed by atoms with Crippen LogP contribution in [0.25, 0.3) is 0 Å². The first-order valence-electron chi connectivity index (χ1n) is 8.19. The molecule has 5 nitrogen and oxygen atoms in total. The summed E-state index contributed by atoms with van der Waals surface area (Å²) >= 11 is 0. The van der Waals surface area contributed by atoms with E-state index in [0.717, 1.165) is 38.1 Å². The molecule has 25 heavy (non-hydrogen) atoms. The van der Waals surface area contributed by atoms with Gasteiger partial charge in [0.2, 0.25) is 5.91 Å². The summed E-state index contributed by atoms with van der Waals surface area (Å²) in [5.74, 6) is -1.70. The van der Waals surface area contributed by atoms with E-state index in [0.29, 0.717) is 6.54 Å². The predicted octanol–water partition coefficient (Wildman–Crippen LogP) is 2.16. The molecule has 1 saturated heterocycles. The van der Waals surface area contributed by atoms with Crippen LogP contribution in [-0.2, 0) is 14.6 Å². The zero-order valence-corrected chi connectivity index (χ0v) is 16.2. The molecule has 1 unspecified atom stereocenters. The quantitative estimate of drug-likeness (QED) is 0.727. The van der Waals surface area contributed by atoms with E-state index >= 15 is 0 Å². The van der Waals surface area contributed by atoms with Gasteiger partial charge < -0.3 is 10.6 Å². The summed E-state index contributed by atoms with van der Waals surface area (Å²) in [6.07, 6.45) is 1.96. The number of hydrogen-bond donors (Lipinski definition) is 2. The maximum absolute atomic E-state index is 12.9. The molecule has 1 atom stereocenters. The minimum absolute atomic E-state index is 0. The Morgan fingerprint density at radius 1 is 1.28 bits per heavy atom. The van der Waals surface area contributed by atoms with E-state index in [9.17, 15) is 17.6 Å². The Balaban J connectivity index is 0.00000312. The maximum Gasteiger partial charge on any atom is 0.223 e. The fourth-order valence-corrected chi connectivity index (χ4v) is 4.38. The van der Waals surface area contributed by atoms with Gasteiger partial charge in [0.1, 0.15) is 5.82 Å². The molecule has 0 radical (unpaired) electrons. The van der Waals surface area contributed by atoms with Crippen LogP contribution >= 0.6 is 12.4 Å². The van der Waals surface area contributed by atoms with Gasteiger partial charge >= 0.3 is 0 Å². The van der Waals surface area contributed by atoms with Crippen molar-refractivity contribution in [2.24, 2.45) is 11.3 Å². The molecule has 0 aromatic heterocycles. The van der Waals surface area contributed by atoms with E-state index in [4.69, 9.17) is 0 Å². The van der Waals surface area contributed by atoms with Gasteiger partial charge in [0.05, 0.1) is 10.6 Å². The molecule has 0 aliphatic carbocycles. The van der Waals surface area contributed by atoms with Gasteiger partial charge in [-0.3, -0.25) is 4.79 Å². The van der Waals surface area contributed by atoms with Gasteiger partial charge in [-0.25, -0.2) is 12.8 Å². The lowest BCUT2D eigenvalue weighted by atomic mass is 9.81. The van der Waals surface area contributed by atoms with Gasteiger partial charge in [0.15, 0.2) is 9.84 Å². The van der Waals surface area contributed by atoms with E-state index < -0.39 is 21.6 Å². The molecule has 0 spiro atoms. The van der Waals surface area contributed by atoms with Crippen molar-refractivity contribution in [3.8, 4) is 0 Å². The van der Waals surface area contributed by atoms with Crippen molar-refractivity contribution in [3.05, 3.63) is 30.1 Å². The number of halogens is 2. The summed E-state index contributed by atoms with van der Waals surface area (Å²) in [5, 5.41) is 6.17. The Hall–Kier alpha value is -1.18. The highest BCUT2D eigenvalue weighted by atomic mass is 35.5. The standard InChI is InChI=1S/C17H25FN2O3S.ClH/c1-13(11-24(22,23)15-5-3-14(18)4-6-15)16(21)20-12-17(2)7-9-19-10-8-17;/h3-6,13,19H,7-12H2,1-2H3,(H,20,21);1H. The van der Waals surface area contributed by atoms with Crippen LogP contribution in [0.15, 0.2) is 29.2 Å². The summed E-state index contributed by atoms with van der Waals surface area (Å²) in [7, 11) is -3.62. The molecule has 142 valence electrons. The third-order valence-corrected chi connectivity index (χ3v) is 6.52. The first kappa shape index (κ1) is 21.9. The SMILES string of the molecule is CC(CS(=O)(=O)c1ccc(F)cc1)C(=O)NCC1(C)CCNCC1.Cl. The van der Waals surface area contributed by atoms with E-state index in [1.54, 1.807) is 6.92 Å². The van der Waals surface area contributed by atoms with E-state index in [-0.39, 0.29) is 34.4 Å². The molecule has 1 aliphatic heterocycles. The average molecular weight is 393 g/mol. The Bertz CT molecular complexity index is 674. The van der Waals surface area contributed by atoms with E-state index in [1.807, 2.05) is 0 Å². The zero-order chi connectivity index (χ0) is 17.8. The third-order valence-electron chi connectivity index (χ3n) is 4.59. The second-order valence-corrected chi connectivity index (χ2v) is 8.95. The molecule has 1 fully saturated rings. The second kappa shape index (κ2) is 8.96. The number of benzene rings is 1. The Kier molecular flexibility index (Phi) is 7.84. The molecule has 0 bridgehead atoms. The number of carbonyl (C=O) groups is 1. The van der Waals surface area contributed by atoms with Crippen LogP contribution in [0.2, 0.25) is 0 Å². The monoisotopic (exact) mass is 392 g/mol. The number of piperidine rings is 1. The number of sulfone groups is 1. The Labute approximate surface area is 155 Å². The summed E-state index contributed by atoms with van der Waals surface area (Å²) in [6.45, 7) is 6.14. The molecule has 1 amide bonds. The van der Waals surface area contributed by atoms with Gasteiger partial charge in [-0.05, 0) is 55.6 Å². The molecule has 1 aromatic carbocycles. The van der Waals surface area contributed by atoms with Crippen LogP contribution in [0.5, 0.6) is 0 Å². The van der Waals surface area contributed by atoms with E-state index in [1.165, 1.54) is 12.1 Å². The largest absolute Gasteiger partial charge is 0.355 e. The Morgan fingerprint density at radius 2 is 1.84 bits per heavy atom. The summed E-state index contributed by atoms with van der Waals surface area (Å²) in [4.78, 5) is 12.3. The van der Waals surface area contributed by atoms with E-state index in [2.05, 4.69) is 17.6 Å². The van der Waals surface area contributed by atoms with Gasteiger partial charge in [-0.1, -0.05) is 13.8 Å². The van der Waals surface area contributed by atoms with Gasteiger partial charge in [-0.15, -0.1) is 12.4 Å². The topological polar surface area (TPSA) is 75.3 Å². The minimum Gasteiger partial charge on any atom is -0.355 e. The van der Waals surface area contributed by atoms with Crippen LogP contribution in [-0.4, -0.2) is 39.7 Å². The summed E-state index contributed by atoms with van der Waals surface area (Å²) in [6, 6.07) is 4.67. The number of amides is 1. The van der Waals surface area contributed by atoms with Crippen LogP contribution < -0.4 is 10.6 Å². The molecule has 0 saturated carbocycles. The number of rotatable bonds is 6. The maximum atomic E-state index is 12.9. The van der Waals surface area contributed by atoms with Crippen LogP contribution in [0.1, 0.15) is 26.7 Å². The smallest absolute Gasteiger partial charge is 0.223 e. The Morgan fingerprint density at radius 3 is 2.40 bits per heavy atom. The average Bonchev–Trinajstić information content (AvgIpc) is 2.53. The zero-order valence-electron chi connectivity index (χ0n) is 14.5. The molecule has 2 N–H and O–H groups in total. The molecule has 8 heteroatoms. The number of carbonyl (C=O) groups excluding carboxylic acids is 1. The van der Waals surface area contributed by atoms with Crippen molar-refractivity contribution in [1.29, 1.82) is 0 Å². The van der Waals surface area contributed by atoms with Gasteiger partial charge in [0, 0.05) is 12.5 Å². The van der Waals surface area contributed by atoms with Gasteiger partial charge in [0.25, 0.3) is 0 Å². The van der Waals surface area contributed by atoms with Crippen molar-refractivity contribution in [2.45, 2.75) is 31.6 Å². The second-order valence-electron chi connectivity index (χ2n) is 6.91. The van der Waals surface area contributed by atoms with Crippen molar-refractivity contribution in [3.63, 3.8) is 0 Å². The molecule has 1 aromatic rings. The highest BCUT2D eigenvalue weighted by molar-refractivity contribution is 7.91. The minimum atomic E-state index is -3.62. The number of hydrogen-bond acceptors (Lipinski definition) is 4. The number of nitrogens with one attached hydrogen (secondary N) is 2. The fourth-order valence-electron chi connectivity index (χ4n) is 2.82. The highest BCUT2D eigenvalue weighted by Crippen LogP contribution is 2.26. The first-order chi connectivity index (χ1) is 11.2.